The number of carbonyl (C=O) groups is 1. The van der Waals surface area contributed by atoms with Gasteiger partial charge < -0.3 is 9.26 Å². The highest BCUT2D eigenvalue weighted by Crippen LogP contribution is 2.18. The van der Waals surface area contributed by atoms with Gasteiger partial charge in [0.2, 0.25) is 10.0 Å². The largest absolute Gasteiger partial charge is 0.461 e. The first-order valence-electron chi connectivity index (χ1n) is 7.40. The molecule has 2 rings (SSSR count). The van der Waals surface area contributed by atoms with Gasteiger partial charge in [0.15, 0.2) is 5.76 Å². The standard InChI is InChI=1S/C16H17N3O5S/c1-11-16(12(2)24-19-11)25(21,22)18-8-7-15(20)23-10-14-5-3-13(9-17)4-6-14/h3-6,18H,7-8,10H2,1-2H3. The normalized spacial score (nSPS) is 11.1. The van der Waals surface area contributed by atoms with Crippen molar-refractivity contribution in [3.63, 3.8) is 0 Å². The van der Waals surface area contributed by atoms with Crippen LogP contribution in [0.15, 0.2) is 33.7 Å². The van der Waals surface area contributed by atoms with E-state index in [0.717, 1.165) is 5.56 Å². The van der Waals surface area contributed by atoms with E-state index in [0.29, 0.717) is 5.56 Å². The molecule has 8 nitrogen and oxygen atoms in total. The molecule has 0 amide bonds. The molecule has 0 bridgehead atoms. The molecule has 0 unspecified atom stereocenters. The molecule has 0 aliphatic rings. The second kappa shape index (κ2) is 7.92. The van der Waals surface area contributed by atoms with Crippen LogP contribution < -0.4 is 4.72 Å². The van der Waals surface area contributed by atoms with E-state index in [-0.39, 0.29) is 35.9 Å². The van der Waals surface area contributed by atoms with E-state index < -0.39 is 16.0 Å². The number of aromatic nitrogens is 1. The number of hydrogen-bond acceptors (Lipinski definition) is 7. The van der Waals surface area contributed by atoms with Crippen LogP contribution in [0.4, 0.5) is 0 Å². The summed E-state index contributed by atoms with van der Waals surface area (Å²) < 4.78 is 36.6. The molecule has 0 fully saturated rings. The van der Waals surface area contributed by atoms with Crippen LogP contribution in [-0.2, 0) is 26.2 Å². The molecule has 0 atom stereocenters. The lowest BCUT2D eigenvalue weighted by Gasteiger charge is -2.07. The van der Waals surface area contributed by atoms with Gasteiger partial charge in [-0.15, -0.1) is 0 Å². The first-order chi connectivity index (χ1) is 11.8. The Morgan fingerprint density at radius 1 is 1.32 bits per heavy atom. The van der Waals surface area contributed by atoms with Crippen LogP contribution in [0.25, 0.3) is 0 Å². The molecule has 25 heavy (non-hydrogen) atoms. The molecule has 1 N–H and O–H groups in total. The molecule has 0 aliphatic heterocycles. The van der Waals surface area contributed by atoms with Gasteiger partial charge in [0.25, 0.3) is 0 Å². The van der Waals surface area contributed by atoms with Crippen molar-refractivity contribution in [3.05, 3.63) is 46.8 Å². The number of carbonyl (C=O) groups excluding carboxylic acids is 1. The van der Waals surface area contributed by atoms with Crippen molar-refractivity contribution >= 4 is 16.0 Å². The molecule has 0 aliphatic carbocycles. The smallest absolute Gasteiger partial charge is 0.307 e. The highest BCUT2D eigenvalue weighted by Gasteiger charge is 2.23. The van der Waals surface area contributed by atoms with Gasteiger partial charge in [0.1, 0.15) is 17.2 Å². The summed E-state index contributed by atoms with van der Waals surface area (Å²) >= 11 is 0. The number of ether oxygens (including phenoxy) is 1. The van der Waals surface area contributed by atoms with Crippen molar-refractivity contribution < 1.29 is 22.5 Å². The first-order valence-corrected chi connectivity index (χ1v) is 8.89. The zero-order valence-electron chi connectivity index (χ0n) is 13.8. The number of aryl methyl sites for hydroxylation is 2. The van der Waals surface area contributed by atoms with Crippen LogP contribution in [0.3, 0.4) is 0 Å². The number of hydrogen-bond donors (Lipinski definition) is 1. The molecular formula is C16H17N3O5S. The number of nitrogens with one attached hydrogen (secondary N) is 1. The van der Waals surface area contributed by atoms with Crippen LogP contribution in [0.5, 0.6) is 0 Å². The van der Waals surface area contributed by atoms with E-state index in [9.17, 15) is 13.2 Å². The molecule has 1 aromatic carbocycles. The summed E-state index contributed by atoms with van der Waals surface area (Å²) in [6.07, 6.45) is -0.112. The number of sulfonamides is 1. The molecular weight excluding hydrogens is 346 g/mol. The molecule has 0 saturated carbocycles. The number of nitriles is 1. The number of nitrogens with zero attached hydrogens (tertiary/aromatic N) is 2. The summed E-state index contributed by atoms with van der Waals surface area (Å²) in [6.45, 7) is 2.98. The van der Waals surface area contributed by atoms with Gasteiger partial charge in [0.05, 0.1) is 18.1 Å². The predicted molar refractivity (Wildman–Crippen MR) is 86.7 cm³/mol. The topological polar surface area (TPSA) is 122 Å². The maximum atomic E-state index is 12.2. The number of esters is 1. The fraction of sp³-hybridized carbons (Fsp3) is 0.312. The summed E-state index contributed by atoms with van der Waals surface area (Å²) in [6, 6.07) is 8.62. The quantitative estimate of drug-likeness (QED) is 0.741. The van der Waals surface area contributed by atoms with Crippen LogP contribution in [0, 0.1) is 25.2 Å². The molecule has 1 aromatic heterocycles. The number of benzene rings is 1. The summed E-state index contributed by atoms with van der Waals surface area (Å²) in [5.74, 6) is -0.348. The zero-order valence-corrected chi connectivity index (χ0v) is 14.6. The van der Waals surface area contributed by atoms with E-state index in [1.165, 1.54) is 13.8 Å². The van der Waals surface area contributed by atoms with Crippen molar-refractivity contribution in [2.45, 2.75) is 31.8 Å². The minimum atomic E-state index is -3.79. The summed E-state index contributed by atoms with van der Waals surface area (Å²) in [5.41, 5.74) is 1.51. The SMILES string of the molecule is Cc1noc(C)c1S(=O)(=O)NCCC(=O)OCc1ccc(C#N)cc1. The fourth-order valence-electron chi connectivity index (χ4n) is 2.13. The van der Waals surface area contributed by atoms with Crippen LogP contribution >= 0.6 is 0 Å². The first kappa shape index (κ1) is 18.6. The van der Waals surface area contributed by atoms with E-state index in [1.807, 2.05) is 6.07 Å². The van der Waals surface area contributed by atoms with Gasteiger partial charge in [0, 0.05) is 6.54 Å². The van der Waals surface area contributed by atoms with Crippen LogP contribution in [0.1, 0.15) is 29.0 Å². The van der Waals surface area contributed by atoms with Crippen molar-refractivity contribution in [2.75, 3.05) is 6.54 Å². The van der Waals surface area contributed by atoms with Gasteiger partial charge >= 0.3 is 5.97 Å². The van der Waals surface area contributed by atoms with Gasteiger partial charge in [-0.3, -0.25) is 4.79 Å². The monoisotopic (exact) mass is 363 g/mol. The Balaban J connectivity index is 1.81. The van der Waals surface area contributed by atoms with Crippen LogP contribution in [0.2, 0.25) is 0 Å². The Kier molecular flexibility index (Phi) is 5.90. The molecule has 132 valence electrons. The van der Waals surface area contributed by atoms with Crippen LogP contribution in [-0.4, -0.2) is 26.1 Å². The minimum Gasteiger partial charge on any atom is -0.461 e. The molecule has 0 spiro atoms. The van der Waals surface area contributed by atoms with E-state index in [2.05, 4.69) is 9.88 Å². The minimum absolute atomic E-state index is 0.0153. The summed E-state index contributed by atoms with van der Waals surface area (Å²) in [7, 11) is -3.79. The highest BCUT2D eigenvalue weighted by molar-refractivity contribution is 7.89. The van der Waals surface area contributed by atoms with Crippen molar-refractivity contribution in [1.82, 2.24) is 9.88 Å². The van der Waals surface area contributed by atoms with E-state index >= 15 is 0 Å². The highest BCUT2D eigenvalue weighted by atomic mass is 32.2. The summed E-state index contributed by atoms with van der Waals surface area (Å²) in [5, 5.41) is 12.3. The van der Waals surface area contributed by atoms with Crippen molar-refractivity contribution in [2.24, 2.45) is 0 Å². The third-order valence-electron chi connectivity index (χ3n) is 3.34. The van der Waals surface area contributed by atoms with Gasteiger partial charge in [-0.05, 0) is 31.5 Å². The third kappa shape index (κ3) is 4.89. The predicted octanol–water partition coefficient (Wildman–Crippen LogP) is 1.57. The average Bonchev–Trinajstić information content (AvgIpc) is 2.92. The van der Waals surface area contributed by atoms with E-state index in [4.69, 9.17) is 14.5 Å². The maximum Gasteiger partial charge on any atom is 0.307 e. The lowest BCUT2D eigenvalue weighted by molar-refractivity contribution is -0.144. The van der Waals surface area contributed by atoms with Crippen molar-refractivity contribution in [1.29, 1.82) is 5.26 Å². The second-order valence-corrected chi connectivity index (χ2v) is 6.97. The number of rotatable bonds is 7. The van der Waals surface area contributed by atoms with Gasteiger partial charge in [-0.2, -0.15) is 5.26 Å². The Morgan fingerprint density at radius 2 is 2.00 bits per heavy atom. The molecule has 0 radical (unpaired) electrons. The summed E-state index contributed by atoms with van der Waals surface area (Å²) in [4.78, 5) is 11.7. The Hall–Kier alpha value is -2.70. The molecule has 1 heterocycles. The van der Waals surface area contributed by atoms with Crippen molar-refractivity contribution in [3.8, 4) is 6.07 Å². The lowest BCUT2D eigenvalue weighted by atomic mass is 10.2. The van der Waals surface area contributed by atoms with Gasteiger partial charge in [-0.1, -0.05) is 17.3 Å². The molecule has 0 saturated heterocycles. The Labute approximate surface area is 145 Å². The fourth-order valence-corrected chi connectivity index (χ4v) is 3.49. The lowest BCUT2D eigenvalue weighted by Crippen LogP contribution is -2.27. The Morgan fingerprint density at radius 3 is 2.56 bits per heavy atom. The zero-order chi connectivity index (χ0) is 18.4. The second-order valence-electron chi connectivity index (χ2n) is 5.27. The molecule has 2 aromatic rings. The third-order valence-corrected chi connectivity index (χ3v) is 5.05. The van der Waals surface area contributed by atoms with Gasteiger partial charge in [-0.25, -0.2) is 13.1 Å². The molecule has 9 heteroatoms. The Bertz CT molecular complexity index is 875. The average molecular weight is 363 g/mol. The maximum absolute atomic E-state index is 12.2. The van der Waals surface area contributed by atoms with E-state index in [1.54, 1.807) is 24.3 Å².